The zero-order chi connectivity index (χ0) is 23.9. The standard InChI is InChI=1S/C30H36O2Si/c1-6-28(29(31)25-16-10-7-11-17-25)24(2)22-23-32-33(30(3,4)5,26-18-12-8-13-19-26)27-20-14-9-15-21-27/h7-21,24,29,31H,1,22-23H2,2-5H3. The van der Waals surface area contributed by atoms with E-state index in [0.29, 0.717) is 6.61 Å². The Bertz CT molecular complexity index is 1010. The fourth-order valence-corrected chi connectivity index (χ4v) is 9.24. The van der Waals surface area contributed by atoms with Gasteiger partial charge in [0.25, 0.3) is 8.32 Å². The van der Waals surface area contributed by atoms with Gasteiger partial charge in [0, 0.05) is 12.2 Å². The van der Waals surface area contributed by atoms with Gasteiger partial charge in [0.15, 0.2) is 0 Å². The molecule has 1 N–H and O–H groups in total. The Morgan fingerprint density at radius 1 is 0.879 bits per heavy atom. The average Bonchev–Trinajstić information content (AvgIpc) is 2.83. The van der Waals surface area contributed by atoms with Crippen molar-refractivity contribution in [2.24, 2.45) is 5.92 Å². The normalized spacial score (nSPS) is 13.7. The van der Waals surface area contributed by atoms with Crippen molar-refractivity contribution in [3.05, 3.63) is 114 Å². The van der Waals surface area contributed by atoms with Gasteiger partial charge in [-0.2, -0.15) is 0 Å². The van der Waals surface area contributed by atoms with Crippen LogP contribution in [0.4, 0.5) is 0 Å². The molecule has 0 radical (unpaired) electrons. The van der Waals surface area contributed by atoms with Crippen LogP contribution in [0.25, 0.3) is 0 Å². The topological polar surface area (TPSA) is 29.5 Å². The van der Waals surface area contributed by atoms with Crippen LogP contribution in [0.2, 0.25) is 5.04 Å². The lowest BCUT2D eigenvalue weighted by Crippen LogP contribution is -2.66. The number of hydrogen-bond acceptors (Lipinski definition) is 2. The van der Waals surface area contributed by atoms with Crippen LogP contribution in [-0.4, -0.2) is 20.0 Å². The van der Waals surface area contributed by atoms with Crippen LogP contribution in [0, 0.1) is 5.92 Å². The Morgan fingerprint density at radius 3 is 1.76 bits per heavy atom. The van der Waals surface area contributed by atoms with Crippen molar-refractivity contribution in [2.45, 2.75) is 45.3 Å². The molecule has 3 heteroatoms. The zero-order valence-corrected chi connectivity index (χ0v) is 21.3. The Balaban J connectivity index is 1.87. The van der Waals surface area contributed by atoms with Crippen LogP contribution in [0.5, 0.6) is 0 Å². The maximum Gasteiger partial charge on any atom is 0.261 e. The number of aliphatic hydroxyl groups excluding tert-OH is 1. The van der Waals surface area contributed by atoms with E-state index in [-0.39, 0.29) is 11.0 Å². The summed E-state index contributed by atoms with van der Waals surface area (Å²) in [7, 11) is -2.56. The SMILES string of the molecule is C=C=C(C(C)CCO[Si](c1ccccc1)(c1ccccc1)C(C)(C)C)C(O)c1ccccc1. The molecule has 0 spiro atoms. The Hall–Kier alpha value is -2.68. The quantitative estimate of drug-likeness (QED) is 0.314. The molecular weight excluding hydrogens is 420 g/mol. The third-order valence-corrected chi connectivity index (χ3v) is 11.5. The van der Waals surface area contributed by atoms with Crippen molar-refractivity contribution < 1.29 is 9.53 Å². The van der Waals surface area contributed by atoms with Gasteiger partial charge in [0.1, 0.15) is 6.10 Å². The van der Waals surface area contributed by atoms with Crippen molar-refractivity contribution in [1.82, 2.24) is 0 Å². The number of hydrogen-bond donors (Lipinski definition) is 1. The van der Waals surface area contributed by atoms with Crippen molar-refractivity contribution >= 4 is 18.7 Å². The highest BCUT2D eigenvalue weighted by Crippen LogP contribution is 2.37. The first-order valence-electron chi connectivity index (χ1n) is 11.7. The van der Waals surface area contributed by atoms with Crippen molar-refractivity contribution in [1.29, 1.82) is 0 Å². The first kappa shape index (κ1) is 24.9. The van der Waals surface area contributed by atoms with Crippen LogP contribution in [0.15, 0.2) is 109 Å². The van der Waals surface area contributed by atoms with Crippen LogP contribution in [-0.2, 0) is 4.43 Å². The molecule has 2 unspecified atom stereocenters. The molecule has 0 aromatic heterocycles. The summed E-state index contributed by atoms with van der Waals surface area (Å²) in [6.07, 6.45) is 0.0817. The van der Waals surface area contributed by atoms with E-state index >= 15 is 0 Å². The van der Waals surface area contributed by atoms with E-state index in [1.165, 1.54) is 10.4 Å². The summed E-state index contributed by atoms with van der Waals surface area (Å²) in [5.74, 6) is 0.0934. The van der Waals surface area contributed by atoms with Gasteiger partial charge in [0.2, 0.25) is 0 Å². The predicted octanol–water partition coefficient (Wildman–Crippen LogP) is 6.03. The van der Waals surface area contributed by atoms with Crippen molar-refractivity contribution in [3.8, 4) is 0 Å². The lowest BCUT2D eigenvalue weighted by Gasteiger charge is -2.43. The smallest absolute Gasteiger partial charge is 0.261 e. The van der Waals surface area contributed by atoms with Gasteiger partial charge < -0.3 is 9.53 Å². The minimum Gasteiger partial charge on any atom is -0.407 e. The minimum atomic E-state index is -2.56. The second kappa shape index (κ2) is 11.0. The molecule has 3 aromatic rings. The van der Waals surface area contributed by atoms with Crippen molar-refractivity contribution in [3.63, 3.8) is 0 Å². The maximum absolute atomic E-state index is 10.9. The summed E-state index contributed by atoms with van der Waals surface area (Å²) in [6.45, 7) is 13.4. The second-order valence-electron chi connectivity index (χ2n) is 9.65. The van der Waals surface area contributed by atoms with E-state index in [1.807, 2.05) is 30.3 Å². The molecule has 0 aliphatic heterocycles. The summed E-state index contributed by atoms with van der Waals surface area (Å²) in [6, 6.07) is 31.1. The fourth-order valence-electron chi connectivity index (χ4n) is 4.66. The summed E-state index contributed by atoms with van der Waals surface area (Å²) in [4.78, 5) is 0. The van der Waals surface area contributed by atoms with Gasteiger partial charge in [-0.15, -0.1) is 5.73 Å². The number of rotatable bonds is 9. The Kier molecular flexibility index (Phi) is 8.28. The summed E-state index contributed by atoms with van der Waals surface area (Å²) in [5, 5.41) is 13.4. The lowest BCUT2D eigenvalue weighted by molar-refractivity contribution is 0.194. The first-order valence-corrected chi connectivity index (χ1v) is 13.6. The molecule has 0 aliphatic carbocycles. The van der Waals surface area contributed by atoms with E-state index in [1.54, 1.807) is 0 Å². The molecule has 0 heterocycles. The van der Waals surface area contributed by atoms with Crippen LogP contribution in [0.3, 0.4) is 0 Å². The molecule has 33 heavy (non-hydrogen) atoms. The maximum atomic E-state index is 10.9. The molecule has 0 fully saturated rings. The largest absolute Gasteiger partial charge is 0.407 e. The average molecular weight is 457 g/mol. The zero-order valence-electron chi connectivity index (χ0n) is 20.3. The van der Waals surface area contributed by atoms with E-state index in [9.17, 15) is 5.11 Å². The highest BCUT2D eigenvalue weighted by Gasteiger charge is 2.50. The highest BCUT2D eigenvalue weighted by atomic mass is 28.4. The first-order chi connectivity index (χ1) is 15.8. The third kappa shape index (κ3) is 5.46. The second-order valence-corrected chi connectivity index (χ2v) is 14.0. The molecule has 172 valence electrons. The summed E-state index contributed by atoms with van der Waals surface area (Å²) in [5.41, 5.74) is 4.69. The summed E-state index contributed by atoms with van der Waals surface area (Å²) < 4.78 is 7.01. The van der Waals surface area contributed by atoms with Crippen LogP contribution in [0.1, 0.15) is 45.8 Å². The van der Waals surface area contributed by atoms with Gasteiger partial charge in [-0.1, -0.05) is 125 Å². The monoisotopic (exact) mass is 456 g/mol. The van der Waals surface area contributed by atoms with E-state index < -0.39 is 14.4 Å². The molecule has 0 saturated carbocycles. The molecular formula is C30H36O2Si. The van der Waals surface area contributed by atoms with Gasteiger partial charge >= 0.3 is 0 Å². The predicted molar refractivity (Wildman–Crippen MR) is 141 cm³/mol. The summed E-state index contributed by atoms with van der Waals surface area (Å²) >= 11 is 0. The molecule has 3 rings (SSSR count). The minimum absolute atomic E-state index is 0.0559. The molecule has 0 saturated heterocycles. The number of benzene rings is 3. The Labute approximate surface area is 200 Å². The van der Waals surface area contributed by atoms with E-state index in [4.69, 9.17) is 4.43 Å². The van der Waals surface area contributed by atoms with Gasteiger partial charge in [0.05, 0.1) is 0 Å². The fraction of sp³-hybridized carbons (Fsp3) is 0.300. The molecule has 2 nitrogen and oxygen atoms in total. The molecule has 0 aliphatic rings. The highest BCUT2D eigenvalue weighted by molar-refractivity contribution is 6.99. The third-order valence-electron chi connectivity index (χ3n) is 6.43. The van der Waals surface area contributed by atoms with Crippen LogP contribution < -0.4 is 10.4 Å². The molecule has 0 amide bonds. The Morgan fingerprint density at radius 2 is 1.33 bits per heavy atom. The van der Waals surface area contributed by atoms with Gasteiger partial charge in [-0.25, -0.2) is 0 Å². The van der Waals surface area contributed by atoms with Gasteiger partial charge in [-0.3, -0.25) is 0 Å². The molecule has 2 atom stereocenters. The van der Waals surface area contributed by atoms with Gasteiger partial charge in [-0.05, 0) is 33.3 Å². The van der Waals surface area contributed by atoms with Crippen LogP contribution >= 0.6 is 0 Å². The number of aliphatic hydroxyl groups is 1. The van der Waals surface area contributed by atoms with E-state index in [2.05, 4.69) is 101 Å². The molecule has 3 aromatic carbocycles. The van der Waals surface area contributed by atoms with E-state index in [0.717, 1.165) is 17.6 Å². The lowest BCUT2D eigenvalue weighted by atomic mass is 9.90. The molecule has 0 bridgehead atoms. The van der Waals surface area contributed by atoms with Crippen molar-refractivity contribution in [2.75, 3.05) is 6.61 Å².